The smallest absolute Gasteiger partial charge is 0.343 e. The minimum absolute atomic E-state index is 0.0658. The lowest BCUT2D eigenvalue weighted by Gasteiger charge is -2.01. The zero-order valence-electron chi connectivity index (χ0n) is 16.2. The normalized spacial score (nSPS) is 10.6. The number of nitriles is 1. The summed E-state index contributed by atoms with van der Waals surface area (Å²) in [6.07, 6.45) is 3.43. The van der Waals surface area contributed by atoms with Gasteiger partial charge >= 0.3 is 5.97 Å². The van der Waals surface area contributed by atoms with Gasteiger partial charge < -0.3 is 18.4 Å². The maximum atomic E-state index is 12.6. The number of carbonyl (C=O) groups is 1. The molecule has 0 spiro atoms. The Morgan fingerprint density at radius 2 is 1.97 bits per heavy atom. The molecular formula is C21H16N4O5. The van der Waals surface area contributed by atoms with Crippen LogP contribution in [0.25, 0.3) is 17.3 Å². The number of methoxy groups -OCH3 is 1. The van der Waals surface area contributed by atoms with Gasteiger partial charge in [0.2, 0.25) is 11.7 Å². The zero-order chi connectivity index (χ0) is 21.1. The Bertz CT molecular complexity index is 1210. The van der Waals surface area contributed by atoms with E-state index in [9.17, 15) is 10.1 Å². The van der Waals surface area contributed by atoms with Gasteiger partial charge in [0.1, 0.15) is 28.7 Å². The minimum Gasteiger partial charge on any atom is -0.497 e. The van der Waals surface area contributed by atoms with E-state index >= 15 is 0 Å². The average Bonchev–Trinajstić information content (AvgIpc) is 3.51. The summed E-state index contributed by atoms with van der Waals surface area (Å²) in [6.45, 7) is 1.36. The summed E-state index contributed by atoms with van der Waals surface area (Å²) < 4.78 is 22.8. The fraction of sp³-hybridized carbons (Fsp3) is 0.143. The second kappa shape index (κ2) is 7.97. The predicted octanol–water partition coefficient (Wildman–Crippen LogP) is 3.67. The molecule has 30 heavy (non-hydrogen) atoms. The van der Waals surface area contributed by atoms with Crippen LogP contribution >= 0.6 is 0 Å². The highest BCUT2D eigenvalue weighted by Gasteiger charge is 2.26. The molecule has 1 aromatic carbocycles. The zero-order valence-corrected chi connectivity index (χ0v) is 16.2. The molecule has 4 rings (SSSR count). The van der Waals surface area contributed by atoms with Crippen LogP contribution < -0.4 is 4.74 Å². The van der Waals surface area contributed by atoms with Crippen LogP contribution in [0.5, 0.6) is 5.75 Å². The van der Waals surface area contributed by atoms with Crippen LogP contribution in [0.4, 0.5) is 0 Å². The summed E-state index contributed by atoms with van der Waals surface area (Å²) in [5, 5.41) is 13.4. The van der Waals surface area contributed by atoms with E-state index in [1.165, 1.54) is 0 Å². The van der Waals surface area contributed by atoms with Crippen molar-refractivity contribution in [1.29, 1.82) is 5.26 Å². The highest BCUT2D eigenvalue weighted by Crippen LogP contribution is 2.26. The van der Waals surface area contributed by atoms with Gasteiger partial charge in [-0.05, 0) is 43.3 Å². The maximum Gasteiger partial charge on any atom is 0.343 e. The molecule has 0 bridgehead atoms. The number of ether oxygens (including phenoxy) is 2. The Hall–Kier alpha value is -4.32. The number of hydrogen-bond acceptors (Lipinski definition) is 8. The molecule has 9 nitrogen and oxygen atoms in total. The van der Waals surface area contributed by atoms with Crippen LogP contribution in [0.1, 0.15) is 27.6 Å². The molecule has 0 fully saturated rings. The van der Waals surface area contributed by atoms with Gasteiger partial charge in [-0.3, -0.25) is 4.57 Å². The molecule has 0 unspecified atom stereocenters. The number of furan rings is 1. The van der Waals surface area contributed by atoms with Crippen molar-refractivity contribution in [2.45, 2.75) is 13.5 Å². The SMILES string of the molecule is COc1ccc(-c2noc(COC(=O)c3c(C)oc(-n4cccc4)c3C#N)n2)cc1. The monoisotopic (exact) mass is 404 g/mol. The van der Waals surface area contributed by atoms with E-state index in [1.54, 1.807) is 67.4 Å². The molecule has 0 saturated heterocycles. The van der Waals surface area contributed by atoms with Gasteiger partial charge in [-0.15, -0.1) is 0 Å². The lowest BCUT2D eigenvalue weighted by atomic mass is 10.1. The second-order valence-electron chi connectivity index (χ2n) is 6.23. The average molecular weight is 404 g/mol. The third kappa shape index (κ3) is 3.54. The van der Waals surface area contributed by atoms with E-state index in [0.29, 0.717) is 11.6 Å². The van der Waals surface area contributed by atoms with Crippen molar-refractivity contribution in [1.82, 2.24) is 14.7 Å². The fourth-order valence-corrected chi connectivity index (χ4v) is 2.90. The molecule has 3 aromatic heterocycles. The molecular weight excluding hydrogens is 388 g/mol. The largest absolute Gasteiger partial charge is 0.497 e. The molecule has 0 aliphatic rings. The Balaban J connectivity index is 1.49. The number of carbonyl (C=O) groups excluding carboxylic acids is 1. The van der Waals surface area contributed by atoms with Gasteiger partial charge in [-0.2, -0.15) is 10.2 Å². The number of aryl methyl sites for hydroxylation is 1. The van der Waals surface area contributed by atoms with E-state index in [1.807, 2.05) is 6.07 Å². The van der Waals surface area contributed by atoms with Crippen molar-refractivity contribution in [3.63, 3.8) is 0 Å². The van der Waals surface area contributed by atoms with Gasteiger partial charge in [0.25, 0.3) is 5.89 Å². The van der Waals surface area contributed by atoms with Crippen molar-refractivity contribution in [3.05, 3.63) is 71.6 Å². The van der Waals surface area contributed by atoms with Gasteiger partial charge in [0.15, 0.2) is 6.61 Å². The number of benzene rings is 1. The third-order valence-corrected chi connectivity index (χ3v) is 4.36. The van der Waals surface area contributed by atoms with Crippen LogP contribution in [0.3, 0.4) is 0 Å². The summed E-state index contributed by atoms with van der Waals surface area (Å²) in [7, 11) is 1.58. The number of nitrogens with zero attached hydrogens (tertiary/aromatic N) is 4. The number of esters is 1. The Kier molecular flexibility index (Phi) is 5.05. The highest BCUT2D eigenvalue weighted by atomic mass is 16.6. The molecule has 0 aliphatic heterocycles. The third-order valence-electron chi connectivity index (χ3n) is 4.36. The first-order valence-electron chi connectivity index (χ1n) is 8.91. The Labute approximate surface area is 171 Å². The van der Waals surface area contributed by atoms with E-state index < -0.39 is 5.97 Å². The standard InChI is InChI=1S/C21H16N4O5/c1-13-18(16(11-22)20(29-13)25-9-3-4-10-25)21(26)28-12-17-23-19(24-30-17)14-5-7-15(27-2)8-6-14/h3-10H,12H2,1-2H3. The van der Waals surface area contributed by atoms with Crippen molar-refractivity contribution in [2.24, 2.45) is 0 Å². The van der Waals surface area contributed by atoms with Crippen LogP contribution in [0.2, 0.25) is 0 Å². The Morgan fingerprint density at radius 1 is 1.23 bits per heavy atom. The molecule has 0 amide bonds. The van der Waals surface area contributed by atoms with Crippen molar-refractivity contribution in [2.75, 3.05) is 7.11 Å². The van der Waals surface area contributed by atoms with Crippen molar-refractivity contribution >= 4 is 5.97 Å². The molecule has 0 N–H and O–H groups in total. The lowest BCUT2D eigenvalue weighted by molar-refractivity contribution is 0.0427. The number of hydrogen-bond donors (Lipinski definition) is 0. The predicted molar refractivity (Wildman–Crippen MR) is 103 cm³/mol. The van der Waals surface area contributed by atoms with E-state index in [2.05, 4.69) is 10.1 Å². The van der Waals surface area contributed by atoms with E-state index in [-0.39, 0.29) is 35.3 Å². The summed E-state index contributed by atoms with van der Waals surface area (Å²) >= 11 is 0. The summed E-state index contributed by atoms with van der Waals surface area (Å²) in [5.41, 5.74) is 0.889. The van der Waals surface area contributed by atoms with Crippen LogP contribution in [-0.4, -0.2) is 27.8 Å². The van der Waals surface area contributed by atoms with Crippen LogP contribution in [0.15, 0.2) is 57.7 Å². The van der Waals surface area contributed by atoms with Crippen molar-refractivity contribution < 1.29 is 23.2 Å². The van der Waals surface area contributed by atoms with E-state index in [4.69, 9.17) is 18.4 Å². The summed E-state index contributed by atoms with van der Waals surface area (Å²) in [5.74, 6) is 1.02. The summed E-state index contributed by atoms with van der Waals surface area (Å²) in [6, 6.07) is 12.7. The second-order valence-corrected chi connectivity index (χ2v) is 6.23. The number of aromatic nitrogens is 3. The minimum atomic E-state index is -0.713. The molecule has 4 aromatic rings. The van der Waals surface area contributed by atoms with Crippen molar-refractivity contribution in [3.8, 4) is 29.1 Å². The fourth-order valence-electron chi connectivity index (χ4n) is 2.90. The van der Waals surface area contributed by atoms with E-state index in [0.717, 1.165) is 5.56 Å². The molecule has 9 heteroatoms. The molecule has 0 saturated carbocycles. The quantitative estimate of drug-likeness (QED) is 0.447. The van der Waals surface area contributed by atoms with Gasteiger partial charge in [0, 0.05) is 18.0 Å². The van der Waals surface area contributed by atoms with Crippen LogP contribution in [-0.2, 0) is 11.3 Å². The molecule has 150 valence electrons. The first-order chi connectivity index (χ1) is 14.6. The highest BCUT2D eigenvalue weighted by molar-refractivity contribution is 5.94. The van der Waals surface area contributed by atoms with Gasteiger partial charge in [-0.25, -0.2) is 4.79 Å². The number of rotatable bonds is 6. The molecule has 0 radical (unpaired) electrons. The Morgan fingerprint density at radius 3 is 2.63 bits per heavy atom. The first kappa shape index (κ1) is 19.0. The van der Waals surface area contributed by atoms with Gasteiger partial charge in [-0.1, -0.05) is 5.16 Å². The molecule has 0 atom stereocenters. The first-order valence-corrected chi connectivity index (χ1v) is 8.91. The maximum absolute atomic E-state index is 12.6. The molecule has 0 aliphatic carbocycles. The van der Waals surface area contributed by atoms with Gasteiger partial charge in [0.05, 0.1) is 7.11 Å². The topological polar surface area (TPSA) is 116 Å². The molecule has 3 heterocycles. The van der Waals surface area contributed by atoms with Crippen LogP contribution in [0, 0.1) is 18.3 Å². The lowest BCUT2D eigenvalue weighted by Crippen LogP contribution is -2.08. The summed E-state index contributed by atoms with van der Waals surface area (Å²) in [4.78, 5) is 16.8.